The number of rotatable bonds is 3. The summed E-state index contributed by atoms with van der Waals surface area (Å²) in [6.45, 7) is 1.94. The van der Waals surface area contributed by atoms with E-state index in [9.17, 15) is 5.11 Å². The lowest BCUT2D eigenvalue weighted by Crippen LogP contribution is -2.29. The van der Waals surface area contributed by atoms with Crippen molar-refractivity contribution in [3.05, 3.63) is 29.8 Å². The molecule has 0 saturated heterocycles. The molecule has 1 saturated carbocycles. The quantitative estimate of drug-likeness (QED) is 0.848. The van der Waals surface area contributed by atoms with Crippen molar-refractivity contribution in [2.75, 3.05) is 7.11 Å². The van der Waals surface area contributed by atoms with E-state index in [1.807, 2.05) is 31.2 Å². The highest BCUT2D eigenvalue weighted by molar-refractivity contribution is 5.31. The van der Waals surface area contributed by atoms with Crippen LogP contribution in [0.2, 0.25) is 0 Å². The van der Waals surface area contributed by atoms with Gasteiger partial charge in [0.15, 0.2) is 0 Å². The van der Waals surface area contributed by atoms with Crippen molar-refractivity contribution in [2.45, 2.75) is 38.2 Å². The van der Waals surface area contributed by atoms with E-state index in [4.69, 9.17) is 4.74 Å². The molecule has 1 aromatic rings. The van der Waals surface area contributed by atoms with Crippen LogP contribution >= 0.6 is 0 Å². The molecule has 1 fully saturated rings. The first kappa shape index (κ1) is 11.5. The summed E-state index contributed by atoms with van der Waals surface area (Å²) in [4.78, 5) is 0. The molecule has 0 spiro atoms. The van der Waals surface area contributed by atoms with E-state index in [-0.39, 0.29) is 0 Å². The van der Waals surface area contributed by atoms with Gasteiger partial charge in [-0.3, -0.25) is 0 Å². The summed E-state index contributed by atoms with van der Waals surface area (Å²) in [6.07, 6.45) is 4.77. The normalized spacial score (nSPS) is 20.7. The van der Waals surface area contributed by atoms with Crippen LogP contribution in [0, 0.1) is 5.92 Å². The zero-order valence-corrected chi connectivity index (χ0v) is 10.1. The largest absolute Gasteiger partial charge is 0.497 e. The lowest BCUT2D eigenvalue weighted by molar-refractivity contribution is -0.00335. The second-order valence-corrected chi connectivity index (χ2v) is 4.86. The van der Waals surface area contributed by atoms with Crippen LogP contribution in [0.15, 0.2) is 24.3 Å². The minimum absolute atomic E-state index is 0.404. The Bertz CT molecular complexity index is 334. The van der Waals surface area contributed by atoms with Gasteiger partial charge in [-0.25, -0.2) is 0 Å². The maximum Gasteiger partial charge on any atom is 0.118 e. The lowest BCUT2D eigenvalue weighted by atomic mass is 9.82. The van der Waals surface area contributed by atoms with Gasteiger partial charge in [0, 0.05) is 0 Å². The molecule has 1 aromatic carbocycles. The number of methoxy groups -OCH3 is 1. The van der Waals surface area contributed by atoms with Gasteiger partial charge in [0.2, 0.25) is 0 Å². The molecule has 0 heterocycles. The molecule has 1 aliphatic carbocycles. The number of hydrogen-bond acceptors (Lipinski definition) is 2. The molecule has 88 valence electrons. The summed E-state index contributed by atoms with van der Waals surface area (Å²) >= 11 is 0. The molecule has 1 unspecified atom stereocenters. The van der Waals surface area contributed by atoms with E-state index < -0.39 is 5.60 Å². The Morgan fingerprint density at radius 1 is 1.19 bits per heavy atom. The molecular weight excluding hydrogens is 200 g/mol. The molecule has 2 heteroatoms. The fourth-order valence-electron chi connectivity index (χ4n) is 2.65. The zero-order valence-electron chi connectivity index (χ0n) is 10.1. The van der Waals surface area contributed by atoms with Crippen LogP contribution in [0.4, 0.5) is 0 Å². The molecule has 16 heavy (non-hydrogen) atoms. The second kappa shape index (κ2) is 4.46. The maximum absolute atomic E-state index is 10.6. The number of benzene rings is 1. The molecule has 1 N–H and O–H groups in total. The predicted octanol–water partition coefficient (Wildman–Crippen LogP) is 3.09. The molecular formula is C14H20O2. The van der Waals surface area contributed by atoms with Gasteiger partial charge in [0.05, 0.1) is 12.7 Å². The second-order valence-electron chi connectivity index (χ2n) is 4.86. The number of hydrogen-bond donors (Lipinski definition) is 1. The van der Waals surface area contributed by atoms with Gasteiger partial charge in [-0.15, -0.1) is 0 Å². The Balaban J connectivity index is 2.20. The minimum Gasteiger partial charge on any atom is -0.497 e. The van der Waals surface area contributed by atoms with E-state index in [0.717, 1.165) is 24.2 Å². The van der Waals surface area contributed by atoms with Crippen LogP contribution in [-0.4, -0.2) is 12.2 Å². The molecule has 0 bridgehead atoms. The van der Waals surface area contributed by atoms with E-state index in [0.29, 0.717) is 5.92 Å². The summed E-state index contributed by atoms with van der Waals surface area (Å²) in [5.41, 5.74) is 0.308. The fourth-order valence-corrected chi connectivity index (χ4v) is 2.65. The Hall–Kier alpha value is -1.02. The topological polar surface area (TPSA) is 29.5 Å². The molecule has 1 aliphatic rings. The summed E-state index contributed by atoms with van der Waals surface area (Å²) in [7, 11) is 1.66. The number of aliphatic hydroxyl groups is 1. The van der Waals surface area contributed by atoms with Crippen LogP contribution < -0.4 is 4.74 Å². The van der Waals surface area contributed by atoms with Gasteiger partial charge >= 0.3 is 0 Å². The van der Waals surface area contributed by atoms with Gasteiger partial charge in [-0.1, -0.05) is 25.0 Å². The third-order valence-corrected chi connectivity index (χ3v) is 3.82. The SMILES string of the molecule is COc1ccc(C(C)(O)C2CCCC2)cc1. The van der Waals surface area contributed by atoms with Crippen LogP contribution in [0.5, 0.6) is 5.75 Å². The summed E-state index contributed by atoms with van der Waals surface area (Å²) < 4.78 is 5.13. The standard InChI is InChI=1S/C14H20O2/c1-14(15,11-5-3-4-6-11)12-7-9-13(16-2)10-8-12/h7-11,15H,3-6H2,1-2H3. The van der Waals surface area contributed by atoms with Crippen molar-refractivity contribution in [1.82, 2.24) is 0 Å². The van der Waals surface area contributed by atoms with Crippen molar-refractivity contribution >= 4 is 0 Å². The maximum atomic E-state index is 10.6. The zero-order chi connectivity index (χ0) is 11.6. The van der Waals surface area contributed by atoms with E-state index in [1.165, 1.54) is 12.8 Å². The van der Waals surface area contributed by atoms with Crippen molar-refractivity contribution in [2.24, 2.45) is 5.92 Å². The predicted molar refractivity (Wildman–Crippen MR) is 64.5 cm³/mol. The highest BCUT2D eigenvalue weighted by Crippen LogP contribution is 2.40. The van der Waals surface area contributed by atoms with E-state index >= 15 is 0 Å². The Labute approximate surface area is 97.3 Å². The smallest absolute Gasteiger partial charge is 0.118 e. The van der Waals surface area contributed by atoms with Crippen LogP contribution in [-0.2, 0) is 5.60 Å². The first-order valence-corrected chi connectivity index (χ1v) is 6.01. The monoisotopic (exact) mass is 220 g/mol. The van der Waals surface area contributed by atoms with E-state index in [1.54, 1.807) is 7.11 Å². The van der Waals surface area contributed by atoms with E-state index in [2.05, 4.69) is 0 Å². The Morgan fingerprint density at radius 3 is 2.25 bits per heavy atom. The lowest BCUT2D eigenvalue weighted by Gasteiger charge is -2.30. The first-order chi connectivity index (χ1) is 7.64. The van der Waals surface area contributed by atoms with Gasteiger partial charge in [-0.05, 0) is 43.4 Å². The van der Waals surface area contributed by atoms with Crippen molar-refractivity contribution in [3.8, 4) is 5.75 Å². The van der Waals surface area contributed by atoms with Crippen molar-refractivity contribution < 1.29 is 9.84 Å². The molecule has 1 atom stereocenters. The molecule has 2 rings (SSSR count). The molecule has 0 aromatic heterocycles. The molecule has 0 aliphatic heterocycles. The highest BCUT2D eigenvalue weighted by atomic mass is 16.5. The third kappa shape index (κ3) is 2.07. The average molecular weight is 220 g/mol. The summed E-state index contributed by atoms with van der Waals surface area (Å²) in [5, 5.41) is 10.6. The van der Waals surface area contributed by atoms with Crippen LogP contribution in [0.1, 0.15) is 38.2 Å². The molecule has 0 radical (unpaired) electrons. The van der Waals surface area contributed by atoms with Crippen LogP contribution in [0.3, 0.4) is 0 Å². The third-order valence-electron chi connectivity index (χ3n) is 3.82. The van der Waals surface area contributed by atoms with Crippen molar-refractivity contribution in [3.63, 3.8) is 0 Å². The van der Waals surface area contributed by atoms with Gasteiger partial charge in [0.1, 0.15) is 5.75 Å². The van der Waals surface area contributed by atoms with Gasteiger partial charge in [0.25, 0.3) is 0 Å². The number of ether oxygens (including phenoxy) is 1. The first-order valence-electron chi connectivity index (χ1n) is 6.01. The van der Waals surface area contributed by atoms with Crippen LogP contribution in [0.25, 0.3) is 0 Å². The Morgan fingerprint density at radius 2 is 1.75 bits per heavy atom. The summed E-state index contributed by atoms with van der Waals surface area (Å²) in [6, 6.07) is 7.77. The average Bonchev–Trinajstić information content (AvgIpc) is 2.83. The summed E-state index contributed by atoms with van der Waals surface area (Å²) in [5.74, 6) is 1.24. The minimum atomic E-state index is -0.692. The molecule has 0 amide bonds. The molecule has 2 nitrogen and oxygen atoms in total. The highest BCUT2D eigenvalue weighted by Gasteiger charge is 2.35. The Kier molecular flexibility index (Phi) is 3.20. The van der Waals surface area contributed by atoms with Gasteiger partial charge < -0.3 is 9.84 Å². The van der Waals surface area contributed by atoms with Crippen molar-refractivity contribution in [1.29, 1.82) is 0 Å². The van der Waals surface area contributed by atoms with Gasteiger partial charge in [-0.2, -0.15) is 0 Å². The fraction of sp³-hybridized carbons (Fsp3) is 0.571.